The Morgan fingerprint density at radius 2 is 2.12 bits per heavy atom. The Labute approximate surface area is 88.4 Å². The van der Waals surface area contributed by atoms with Crippen molar-refractivity contribution in [3.63, 3.8) is 0 Å². The summed E-state index contributed by atoms with van der Waals surface area (Å²) in [5.74, 6) is -0.373. The number of nitrogens with one attached hydrogen (secondary N) is 1. The highest BCUT2D eigenvalue weighted by molar-refractivity contribution is 5.56. The van der Waals surface area contributed by atoms with Crippen LogP contribution in [0.2, 0.25) is 0 Å². The smallest absolute Gasteiger partial charge is 0.355 e. The highest BCUT2D eigenvalue weighted by atomic mass is 19.4. The van der Waals surface area contributed by atoms with Crippen LogP contribution < -0.4 is 5.32 Å². The van der Waals surface area contributed by atoms with Gasteiger partial charge in [-0.25, -0.2) is 4.98 Å². The maximum absolute atomic E-state index is 11.9. The van der Waals surface area contributed by atoms with E-state index in [1.54, 1.807) is 0 Å². The molecule has 1 aromatic heterocycles. The van der Waals surface area contributed by atoms with Crippen LogP contribution in [-0.4, -0.2) is 22.6 Å². The Kier molecular flexibility index (Phi) is 3.31. The summed E-state index contributed by atoms with van der Waals surface area (Å²) < 4.78 is 35.7. The molecule has 8 heteroatoms. The van der Waals surface area contributed by atoms with E-state index in [0.29, 0.717) is 5.69 Å². The van der Waals surface area contributed by atoms with Crippen molar-refractivity contribution in [3.05, 3.63) is 27.9 Å². The number of anilines is 1. The van der Waals surface area contributed by atoms with E-state index in [1.807, 2.05) is 5.32 Å². The molecular formula is C8H8F3N3O2. The van der Waals surface area contributed by atoms with Crippen LogP contribution in [0.1, 0.15) is 5.69 Å². The normalized spacial score (nSPS) is 11.2. The number of hydrogen-bond acceptors (Lipinski definition) is 4. The molecule has 1 heterocycles. The molecule has 0 bridgehead atoms. The van der Waals surface area contributed by atoms with Gasteiger partial charge in [0.15, 0.2) is 0 Å². The fraction of sp³-hybridized carbons (Fsp3) is 0.375. The monoisotopic (exact) mass is 235 g/mol. The zero-order chi connectivity index (χ0) is 12.3. The molecule has 0 amide bonds. The largest absolute Gasteiger partial charge is 0.405 e. The molecule has 0 atom stereocenters. The molecule has 0 fully saturated rings. The Hall–Kier alpha value is -1.86. The summed E-state index contributed by atoms with van der Waals surface area (Å²) in [6, 6.07) is 2.47. The topological polar surface area (TPSA) is 68.1 Å². The third-order valence-corrected chi connectivity index (χ3v) is 1.67. The second-order valence-corrected chi connectivity index (χ2v) is 3.05. The molecule has 5 nitrogen and oxygen atoms in total. The standard InChI is InChI=1S/C8H8F3N3O2/c1-5-2-3-6(14(15)16)7(13-5)12-4-8(9,10)11/h2-3H,4H2,1H3,(H,12,13). The van der Waals surface area contributed by atoms with Crippen LogP contribution in [-0.2, 0) is 0 Å². The van der Waals surface area contributed by atoms with E-state index in [9.17, 15) is 23.3 Å². The van der Waals surface area contributed by atoms with Crippen LogP contribution in [0.25, 0.3) is 0 Å². The predicted molar refractivity (Wildman–Crippen MR) is 50.2 cm³/mol. The SMILES string of the molecule is Cc1ccc([N+](=O)[O-])c(NCC(F)(F)F)n1. The molecule has 0 spiro atoms. The van der Waals surface area contributed by atoms with Crippen molar-refractivity contribution in [2.75, 3.05) is 11.9 Å². The van der Waals surface area contributed by atoms with Crippen molar-refractivity contribution < 1.29 is 18.1 Å². The van der Waals surface area contributed by atoms with Crippen LogP contribution in [0.4, 0.5) is 24.7 Å². The number of nitrogens with zero attached hydrogens (tertiary/aromatic N) is 2. The van der Waals surface area contributed by atoms with E-state index < -0.39 is 23.3 Å². The highest BCUT2D eigenvalue weighted by Crippen LogP contribution is 2.23. The molecule has 0 unspecified atom stereocenters. The summed E-state index contributed by atoms with van der Waals surface area (Å²) in [5.41, 5.74) is -0.0786. The molecule has 1 N–H and O–H groups in total. The second kappa shape index (κ2) is 4.33. The van der Waals surface area contributed by atoms with Gasteiger partial charge >= 0.3 is 11.9 Å². The molecular weight excluding hydrogens is 227 g/mol. The van der Waals surface area contributed by atoms with Crippen molar-refractivity contribution in [3.8, 4) is 0 Å². The zero-order valence-corrected chi connectivity index (χ0v) is 8.21. The fourth-order valence-electron chi connectivity index (χ4n) is 1.01. The Morgan fingerprint density at radius 3 is 2.62 bits per heavy atom. The van der Waals surface area contributed by atoms with Gasteiger partial charge in [0.25, 0.3) is 0 Å². The summed E-state index contributed by atoms with van der Waals surface area (Å²) in [6.45, 7) is 0.173. The van der Waals surface area contributed by atoms with E-state index in [1.165, 1.54) is 13.0 Å². The van der Waals surface area contributed by atoms with Crippen LogP contribution in [0.5, 0.6) is 0 Å². The third-order valence-electron chi connectivity index (χ3n) is 1.67. The lowest BCUT2D eigenvalue weighted by molar-refractivity contribution is -0.384. The van der Waals surface area contributed by atoms with Gasteiger partial charge in [0, 0.05) is 11.8 Å². The maximum Gasteiger partial charge on any atom is 0.405 e. The minimum absolute atomic E-state index is 0.373. The van der Waals surface area contributed by atoms with E-state index in [-0.39, 0.29) is 5.82 Å². The van der Waals surface area contributed by atoms with Gasteiger partial charge in [-0.05, 0) is 13.0 Å². The van der Waals surface area contributed by atoms with Crippen molar-refractivity contribution in [1.29, 1.82) is 0 Å². The van der Waals surface area contributed by atoms with Gasteiger partial charge in [-0.1, -0.05) is 0 Å². The number of halogens is 3. The first-order chi connectivity index (χ1) is 7.29. The number of aryl methyl sites for hydroxylation is 1. The summed E-state index contributed by atoms with van der Waals surface area (Å²) in [6.07, 6.45) is -4.45. The minimum atomic E-state index is -4.45. The van der Waals surface area contributed by atoms with Gasteiger partial charge in [-0.2, -0.15) is 13.2 Å². The second-order valence-electron chi connectivity index (χ2n) is 3.05. The van der Waals surface area contributed by atoms with Crippen molar-refractivity contribution in [2.45, 2.75) is 13.1 Å². The van der Waals surface area contributed by atoms with Crippen molar-refractivity contribution in [1.82, 2.24) is 4.98 Å². The average molecular weight is 235 g/mol. The van der Waals surface area contributed by atoms with Crippen LogP contribution in [0, 0.1) is 17.0 Å². The highest BCUT2D eigenvalue weighted by Gasteiger charge is 2.28. The molecule has 88 valence electrons. The van der Waals surface area contributed by atoms with E-state index in [4.69, 9.17) is 0 Å². The molecule has 1 rings (SSSR count). The number of rotatable bonds is 3. The van der Waals surface area contributed by atoms with Crippen LogP contribution >= 0.6 is 0 Å². The molecule has 0 saturated heterocycles. The van der Waals surface area contributed by atoms with Gasteiger partial charge in [0.05, 0.1) is 4.92 Å². The number of alkyl halides is 3. The number of hydrogen-bond donors (Lipinski definition) is 1. The van der Waals surface area contributed by atoms with E-state index >= 15 is 0 Å². The van der Waals surface area contributed by atoms with Crippen LogP contribution in [0.3, 0.4) is 0 Å². The molecule has 1 aromatic rings. The third kappa shape index (κ3) is 3.37. The quantitative estimate of drug-likeness (QED) is 0.644. The van der Waals surface area contributed by atoms with Gasteiger partial charge in [-0.15, -0.1) is 0 Å². The fourth-order valence-corrected chi connectivity index (χ4v) is 1.01. The summed E-state index contributed by atoms with van der Waals surface area (Å²) in [7, 11) is 0. The Bertz CT molecular complexity index is 406. The minimum Gasteiger partial charge on any atom is -0.355 e. The van der Waals surface area contributed by atoms with Gasteiger partial charge < -0.3 is 5.32 Å². The molecule has 0 aliphatic carbocycles. The summed E-state index contributed by atoms with van der Waals surface area (Å²) in [4.78, 5) is 13.4. The first-order valence-corrected chi connectivity index (χ1v) is 4.22. The zero-order valence-electron chi connectivity index (χ0n) is 8.21. The summed E-state index contributed by atoms with van der Waals surface area (Å²) >= 11 is 0. The molecule has 16 heavy (non-hydrogen) atoms. The van der Waals surface area contributed by atoms with Crippen molar-refractivity contribution >= 4 is 11.5 Å². The predicted octanol–water partition coefficient (Wildman–Crippen LogP) is 2.27. The number of pyridine rings is 1. The van der Waals surface area contributed by atoms with Gasteiger partial charge in [0.1, 0.15) is 6.54 Å². The first kappa shape index (κ1) is 12.2. The Morgan fingerprint density at radius 1 is 1.50 bits per heavy atom. The maximum atomic E-state index is 11.9. The lowest BCUT2D eigenvalue weighted by Gasteiger charge is -2.09. The van der Waals surface area contributed by atoms with Gasteiger partial charge in [-0.3, -0.25) is 10.1 Å². The molecule has 0 aromatic carbocycles. The Balaban J connectivity index is 2.93. The van der Waals surface area contributed by atoms with Crippen molar-refractivity contribution in [2.24, 2.45) is 0 Å². The summed E-state index contributed by atoms with van der Waals surface area (Å²) in [5, 5.41) is 12.4. The average Bonchev–Trinajstić information content (AvgIpc) is 2.13. The molecule has 0 aliphatic heterocycles. The lowest BCUT2D eigenvalue weighted by Crippen LogP contribution is -2.22. The van der Waals surface area contributed by atoms with E-state index in [2.05, 4.69) is 4.98 Å². The van der Waals surface area contributed by atoms with Gasteiger partial charge in [0.2, 0.25) is 5.82 Å². The molecule has 0 aliphatic rings. The van der Waals surface area contributed by atoms with E-state index in [0.717, 1.165) is 6.07 Å². The number of nitro groups is 1. The first-order valence-electron chi connectivity index (χ1n) is 4.22. The number of aromatic nitrogens is 1. The molecule has 0 saturated carbocycles. The molecule has 0 radical (unpaired) electrons. The van der Waals surface area contributed by atoms with Crippen LogP contribution in [0.15, 0.2) is 12.1 Å². The lowest BCUT2D eigenvalue weighted by atomic mass is 10.3.